The van der Waals surface area contributed by atoms with E-state index in [4.69, 9.17) is 0 Å². The van der Waals surface area contributed by atoms with E-state index < -0.39 is 0 Å². The lowest BCUT2D eigenvalue weighted by Gasteiger charge is -1.81. The lowest BCUT2D eigenvalue weighted by Crippen LogP contribution is -1.62. The number of hydrogen-bond donors (Lipinski definition) is 0. The van der Waals surface area contributed by atoms with Gasteiger partial charge in [-0.3, -0.25) is 4.79 Å². The molecule has 0 aliphatic heterocycles. The maximum absolute atomic E-state index is 10.4. The van der Waals surface area contributed by atoms with Gasteiger partial charge in [0.15, 0.2) is 6.29 Å². The molecule has 62 valence electrons. The van der Waals surface area contributed by atoms with Crippen molar-refractivity contribution in [2.45, 2.75) is 4.21 Å². The SMILES string of the molecule is CSc1cc2sc(C=O)cc2s1. The minimum absolute atomic E-state index is 0.823. The van der Waals surface area contributed by atoms with Crippen molar-refractivity contribution in [2.75, 3.05) is 6.26 Å². The van der Waals surface area contributed by atoms with Crippen molar-refractivity contribution in [3.63, 3.8) is 0 Å². The fourth-order valence-electron chi connectivity index (χ4n) is 0.991. The van der Waals surface area contributed by atoms with E-state index in [0.29, 0.717) is 0 Å². The minimum atomic E-state index is 0.823. The third kappa shape index (κ3) is 1.30. The average molecular weight is 214 g/mol. The molecule has 0 saturated carbocycles. The second kappa shape index (κ2) is 3.20. The summed E-state index contributed by atoms with van der Waals surface area (Å²) in [5, 5.41) is 0. The first-order valence-corrected chi connectivity index (χ1v) is 6.22. The predicted octanol–water partition coefficient (Wildman–Crippen LogP) is 3.50. The second-order valence-electron chi connectivity index (χ2n) is 2.26. The maximum atomic E-state index is 10.4. The van der Waals surface area contributed by atoms with E-state index in [1.807, 2.05) is 6.07 Å². The van der Waals surface area contributed by atoms with Gasteiger partial charge in [0.1, 0.15) is 0 Å². The van der Waals surface area contributed by atoms with Gasteiger partial charge in [0, 0.05) is 9.40 Å². The highest BCUT2D eigenvalue weighted by Gasteiger charge is 2.04. The summed E-state index contributed by atoms with van der Waals surface area (Å²) < 4.78 is 3.77. The van der Waals surface area contributed by atoms with Crippen LogP contribution < -0.4 is 0 Å². The average Bonchev–Trinajstić information content (AvgIpc) is 2.59. The highest BCUT2D eigenvalue weighted by atomic mass is 32.2. The van der Waals surface area contributed by atoms with Crippen LogP contribution >= 0.6 is 34.4 Å². The van der Waals surface area contributed by atoms with Gasteiger partial charge >= 0.3 is 0 Å². The fraction of sp³-hybridized carbons (Fsp3) is 0.125. The molecule has 0 amide bonds. The summed E-state index contributed by atoms with van der Waals surface area (Å²) in [6, 6.07) is 4.10. The standard InChI is InChI=1S/C8H6OS3/c1-10-8-3-7-6(12-8)2-5(4-9)11-7/h2-4H,1H3. The van der Waals surface area contributed by atoms with Crippen molar-refractivity contribution in [1.82, 2.24) is 0 Å². The minimum Gasteiger partial charge on any atom is -0.297 e. The van der Waals surface area contributed by atoms with Crippen LogP contribution in [0.15, 0.2) is 16.3 Å². The first kappa shape index (κ1) is 8.29. The molecule has 0 saturated heterocycles. The van der Waals surface area contributed by atoms with Gasteiger partial charge in [-0.25, -0.2) is 0 Å². The molecule has 12 heavy (non-hydrogen) atoms. The highest BCUT2D eigenvalue weighted by molar-refractivity contribution is 8.00. The van der Waals surface area contributed by atoms with Crippen LogP contribution in [0, 0.1) is 0 Å². The van der Waals surface area contributed by atoms with Gasteiger partial charge in [-0.1, -0.05) is 0 Å². The predicted molar refractivity (Wildman–Crippen MR) is 56.9 cm³/mol. The number of thioether (sulfide) groups is 1. The van der Waals surface area contributed by atoms with Crippen molar-refractivity contribution in [1.29, 1.82) is 0 Å². The number of hydrogen-bond acceptors (Lipinski definition) is 4. The Morgan fingerprint density at radius 2 is 2.08 bits per heavy atom. The Morgan fingerprint density at radius 3 is 2.67 bits per heavy atom. The van der Waals surface area contributed by atoms with E-state index >= 15 is 0 Å². The van der Waals surface area contributed by atoms with Crippen molar-refractivity contribution < 1.29 is 4.79 Å². The molecule has 2 rings (SSSR count). The van der Waals surface area contributed by atoms with E-state index in [9.17, 15) is 4.79 Å². The highest BCUT2D eigenvalue weighted by Crippen LogP contribution is 2.36. The Kier molecular flexibility index (Phi) is 2.21. The molecular formula is C8H6OS3. The monoisotopic (exact) mass is 214 g/mol. The maximum Gasteiger partial charge on any atom is 0.160 e. The van der Waals surface area contributed by atoms with Gasteiger partial charge in [0.25, 0.3) is 0 Å². The Hall–Kier alpha value is -0.320. The zero-order valence-electron chi connectivity index (χ0n) is 6.37. The molecule has 0 aromatic carbocycles. The van der Waals surface area contributed by atoms with E-state index in [0.717, 1.165) is 11.2 Å². The zero-order chi connectivity index (χ0) is 8.55. The smallest absolute Gasteiger partial charge is 0.160 e. The lowest BCUT2D eigenvalue weighted by atomic mass is 10.5. The third-order valence-corrected chi connectivity index (χ3v) is 4.80. The van der Waals surface area contributed by atoms with Crippen molar-refractivity contribution in [2.24, 2.45) is 0 Å². The largest absolute Gasteiger partial charge is 0.297 e. The Morgan fingerprint density at radius 1 is 1.33 bits per heavy atom. The van der Waals surface area contributed by atoms with Gasteiger partial charge in [-0.15, -0.1) is 34.4 Å². The third-order valence-electron chi connectivity index (χ3n) is 1.52. The summed E-state index contributed by atoms with van der Waals surface area (Å²) in [6.45, 7) is 0. The van der Waals surface area contributed by atoms with Crippen LogP contribution in [0.2, 0.25) is 0 Å². The zero-order valence-corrected chi connectivity index (χ0v) is 8.81. The van der Waals surface area contributed by atoms with Crippen LogP contribution in [-0.4, -0.2) is 12.5 Å². The van der Waals surface area contributed by atoms with Gasteiger partial charge in [-0.05, 0) is 18.4 Å². The van der Waals surface area contributed by atoms with Crippen LogP contribution in [0.3, 0.4) is 0 Å². The molecule has 0 bridgehead atoms. The summed E-state index contributed by atoms with van der Waals surface area (Å²) in [5.74, 6) is 0. The number of thiophene rings is 2. The number of carbonyl (C=O) groups excluding carboxylic acids is 1. The molecular weight excluding hydrogens is 208 g/mol. The molecule has 2 aromatic rings. The van der Waals surface area contributed by atoms with Crippen LogP contribution in [0.4, 0.5) is 0 Å². The first-order chi connectivity index (χ1) is 5.83. The van der Waals surface area contributed by atoms with Gasteiger partial charge in [-0.2, -0.15) is 0 Å². The molecule has 0 unspecified atom stereocenters. The van der Waals surface area contributed by atoms with Gasteiger partial charge < -0.3 is 0 Å². The number of aldehydes is 1. The molecule has 4 heteroatoms. The summed E-state index contributed by atoms with van der Waals surface area (Å²) in [7, 11) is 0. The molecule has 0 radical (unpaired) electrons. The molecule has 0 atom stereocenters. The number of rotatable bonds is 2. The summed E-state index contributed by atoms with van der Waals surface area (Å²) in [6.07, 6.45) is 2.98. The van der Waals surface area contributed by atoms with E-state index in [-0.39, 0.29) is 0 Å². The van der Waals surface area contributed by atoms with E-state index in [1.165, 1.54) is 13.6 Å². The van der Waals surface area contributed by atoms with Gasteiger partial charge in [0.2, 0.25) is 0 Å². The summed E-state index contributed by atoms with van der Waals surface area (Å²) in [4.78, 5) is 11.3. The molecule has 0 fully saturated rings. The topological polar surface area (TPSA) is 17.1 Å². The summed E-state index contributed by atoms with van der Waals surface area (Å²) >= 11 is 5.06. The second-order valence-corrected chi connectivity index (χ2v) is 5.57. The Balaban J connectivity index is 2.58. The molecule has 2 aromatic heterocycles. The van der Waals surface area contributed by atoms with Crippen LogP contribution in [0.1, 0.15) is 9.67 Å². The van der Waals surface area contributed by atoms with Crippen molar-refractivity contribution in [3.8, 4) is 0 Å². The van der Waals surface area contributed by atoms with Crippen molar-refractivity contribution in [3.05, 3.63) is 17.0 Å². The Bertz CT molecular complexity index is 381. The molecule has 0 aliphatic carbocycles. The van der Waals surface area contributed by atoms with Crippen LogP contribution in [0.5, 0.6) is 0 Å². The normalized spacial score (nSPS) is 10.8. The van der Waals surface area contributed by atoms with Crippen LogP contribution in [0.25, 0.3) is 9.40 Å². The Labute approximate surface area is 82.4 Å². The van der Waals surface area contributed by atoms with Crippen LogP contribution in [-0.2, 0) is 0 Å². The molecule has 2 heterocycles. The van der Waals surface area contributed by atoms with Gasteiger partial charge in [0.05, 0.1) is 9.09 Å². The number of carbonyl (C=O) groups is 1. The quantitative estimate of drug-likeness (QED) is 0.562. The molecule has 0 spiro atoms. The van der Waals surface area contributed by atoms with Crippen molar-refractivity contribution >= 4 is 50.1 Å². The first-order valence-electron chi connectivity index (χ1n) is 3.36. The fourth-order valence-corrected chi connectivity index (χ4v) is 3.86. The lowest BCUT2D eigenvalue weighted by molar-refractivity contribution is 0.112. The van der Waals surface area contributed by atoms with E-state index in [2.05, 4.69) is 12.3 Å². The molecule has 1 nitrogen and oxygen atoms in total. The number of fused-ring (bicyclic) bond motifs is 1. The molecule has 0 aliphatic rings. The molecule has 0 N–H and O–H groups in total. The van der Waals surface area contributed by atoms with E-state index in [1.54, 1.807) is 34.4 Å². The summed E-state index contributed by atoms with van der Waals surface area (Å²) in [5.41, 5.74) is 0.